The predicted octanol–water partition coefficient (Wildman–Crippen LogP) is -4.04. The van der Waals surface area contributed by atoms with Crippen LogP contribution in [0.1, 0.15) is 179 Å². The van der Waals surface area contributed by atoms with Crippen LogP contribution in [0.3, 0.4) is 0 Å². The van der Waals surface area contributed by atoms with Crippen molar-refractivity contribution in [1.29, 1.82) is 0 Å². The highest BCUT2D eigenvalue weighted by molar-refractivity contribution is 7.98. The minimum absolute atomic E-state index is 0.00586. The number of rotatable bonds is 63. The lowest BCUT2D eigenvalue weighted by Gasteiger charge is -2.32. The molecule has 45 nitrogen and oxygen atoms in total. The fourth-order valence-electron chi connectivity index (χ4n) is 15.4. The fraction of sp³-hybridized carbons (Fsp3) is 0.649. The molecule has 1 fully saturated rings. The Morgan fingerprint density at radius 1 is 0.418 bits per heavy atom. The number of carbonyl (C=O) groups excluding carboxylic acids is 18. The summed E-state index contributed by atoms with van der Waals surface area (Å²) in [6.45, 7) is 18.4. The van der Waals surface area contributed by atoms with Crippen LogP contribution in [0.4, 0.5) is 0 Å². The number of aliphatic hydroxyl groups excluding tert-OH is 5. The number of H-pyrrole nitrogens is 1. The molecule has 27 N–H and O–H groups in total. The number of hydrogen-bond acceptors (Lipinski definition) is 27. The van der Waals surface area contributed by atoms with Gasteiger partial charge in [0.2, 0.25) is 106 Å². The van der Waals surface area contributed by atoms with Gasteiger partial charge in [-0.25, -0.2) is 4.79 Å². The Morgan fingerprint density at radius 3 is 1.19 bits per heavy atom. The molecule has 0 bridgehead atoms. The van der Waals surface area contributed by atoms with Gasteiger partial charge in [0.1, 0.15) is 103 Å². The average molecular weight is 2020 g/mol. The number of aromatic nitrogens is 1. The van der Waals surface area contributed by atoms with Crippen LogP contribution < -0.4 is 96.5 Å². The Hall–Kier alpha value is -11.6. The number of carboxylic acids is 1. The Balaban J connectivity index is 1.60. The first kappa shape index (κ1) is 122. The third-order valence-corrected chi connectivity index (χ3v) is 24.8. The molecule has 2 aromatic carbocycles. The summed E-state index contributed by atoms with van der Waals surface area (Å²) in [5.74, 6) is -21.9. The second kappa shape index (κ2) is 61.3. The van der Waals surface area contributed by atoms with E-state index >= 15 is 14.4 Å². The minimum Gasteiger partial charge on any atom is -0.480 e. The van der Waals surface area contributed by atoms with Crippen molar-refractivity contribution >= 4 is 148 Å². The van der Waals surface area contributed by atoms with Crippen molar-refractivity contribution < 1.29 is 122 Å². The van der Waals surface area contributed by atoms with Crippen LogP contribution in [0.25, 0.3) is 10.9 Å². The molecule has 141 heavy (non-hydrogen) atoms. The second-order valence-electron chi connectivity index (χ2n) is 37.6. The fourth-order valence-corrected chi connectivity index (χ4v) is 16.1. The molecule has 0 saturated carbocycles. The Labute approximate surface area is 831 Å². The first-order chi connectivity index (χ1) is 66.5. The number of aliphatic hydroxyl groups is 5. The number of aromatic amines is 1. The average Bonchev–Trinajstić information content (AvgIpc) is 1.68. The van der Waals surface area contributed by atoms with Crippen LogP contribution in [0.15, 0.2) is 60.8 Å². The van der Waals surface area contributed by atoms with E-state index in [2.05, 4.69) is 103 Å². The maximum atomic E-state index is 15.2. The second-order valence-corrected chi connectivity index (χ2v) is 38.9. The number of fused-ring (bicyclic) bond motifs is 1. The summed E-state index contributed by atoms with van der Waals surface area (Å²) in [6, 6.07) is -12.1. The molecule has 0 unspecified atom stereocenters. The first-order valence-corrected chi connectivity index (χ1v) is 49.7. The van der Waals surface area contributed by atoms with Gasteiger partial charge in [-0.05, 0) is 122 Å². The predicted molar refractivity (Wildman–Crippen MR) is 526 cm³/mol. The van der Waals surface area contributed by atoms with Crippen LogP contribution in [-0.2, 0) is 104 Å². The molecule has 20 atom stereocenters. The Bertz CT molecular complexity index is 4680. The number of carboxylic acid groups (broad SMARTS) is 1. The maximum absolute atomic E-state index is 15.2. The van der Waals surface area contributed by atoms with E-state index in [-0.39, 0.29) is 107 Å². The molecular formula is C94H150N20O25S2. The van der Waals surface area contributed by atoms with Crippen molar-refractivity contribution in [3.05, 3.63) is 71.9 Å². The largest absolute Gasteiger partial charge is 0.480 e. The van der Waals surface area contributed by atoms with Gasteiger partial charge in [0.05, 0.1) is 39.1 Å². The molecule has 4 rings (SSSR count). The van der Waals surface area contributed by atoms with E-state index in [4.69, 9.17) is 11.5 Å². The SMILES string of the molecule is CC[C@H](C)[C@H](NC(=O)[C@H](CCC(N)=O)NC(=O)[C@H](CC(C)C)NC(=O)[C@H](CO)NC(=O)[C@H](CO)NC(=O)[C@@H](N)CCSC)C(=O)N[C@@H](Cc1ccccc1)C(=O)N[C@@H](CO)C(=O)N1CCC[C@H]1C(=O)N[C@H](C(=O)N[C@@H](CC(C)C)C(=O)N[C@@H](Cc1c[nH]c2ccccc12)C(=O)N[C@@H](CC(C)C)C(=O)N[C@H](C(=O)N[C@@H](CO)C(=O)N[C@@H](CO)C(=O)N[C@@H](CC(C)C)C(=O)N[C@@H](CS)C(=O)O)C(C)C)[C@@H](C)CC. The van der Waals surface area contributed by atoms with Crippen LogP contribution in [0.5, 0.6) is 0 Å². The van der Waals surface area contributed by atoms with Crippen molar-refractivity contribution in [2.24, 2.45) is 52.9 Å². The third kappa shape index (κ3) is 39.7. The molecule has 0 aliphatic carbocycles. The van der Waals surface area contributed by atoms with Gasteiger partial charge in [0.15, 0.2) is 0 Å². The lowest BCUT2D eigenvalue weighted by molar-refractivity contribution is -0.143. The molecular weight excluding hydrogens is 1870 g/mol. The van der Waals surface area contributed by atoms with E-state index in [1.165, 1.54) is 11.8 Å². The molecule has 1 aromatic heterocycles. The first-order valence-electron chi connectivity index (χ1n) is 47.7. The van der Waals surface area contributed by atoms with E-state index in [9.17, 15) is 107 Å². The monoisotopic (exact) mass is 2020 g/mol. The third-order valence-electron chi connectivity index (χ3n) is 23.8. The summed E-state index contributed by atoms with van der Waals surface area (Å²) < 4.78 is 0. The number of aliphatic carboxylic acids is 1. The highest BCUT2D eigenvalue weighted by atomic mass is 32.2. The molecule has 47 heteroatoms. The van der Waals surface area contributed by atoms with Crippen LogP contribution in [-0.4, -0.2) is 319 Å². The Morgan fingerprint density at radius 2 is 0.766 bits per heavy atom. The van der Waals surface area contributed by atoms with Gasteiger partial charge in [-0.15, -0.1) is 0 Å². The summed E-state index contributed by atoms with van der Waals surface area (Å²) in [5, 5.41) is 103. The molecule has 0 radical (unpaired) electrons. The molecule has 788 valence electrons. The van der Waals surface area contributed by atoms with Crippen LogP contribution >= 0.6 is 24.4 Å². The van der Waals surface area contributed by atoms with Gasteiger partial charge in [0.25, 0.3) is 0 Å². The summed E-state index contributed by atoms with van der Waals surface area (Å²) in [6.07, 6.45) is 2.74. The number of amides is 18. The van der Waals surface area contributed by atoms with Gasteiger partial charge in [-0.3, -0.25) is 86.3 Å². The van der Waals surface area contributed by atoms with Gasteiger partial charge < -0.3 is 137 Å². The highest BCUT2D eigenvalue weighted by Gasteiger charge is 2.44. The number of hydrogen-bond donors (Lipinski definition) is 26. The van der Waals surface area contributed by atoms with Crippen molar-refractivity contribution in [2.75, 3.05) is 57.3 Å². The van der Waals surface area contributed by atoms with Gasteiger partial charge in [-0.1, -0.05) is 158 Å². The summed E-state index contributed by atoms with van der Waals surface area (Å²) in [7, 11) is 0. The highest BCUT2D eigenvalue weighted by Crippen LogP contribution is 2.25. The van der Waals surface area contributed by atoms with E-state index in [0.29, 0.717) is 27.8 Å². The lowest BCUT2D eigenvalue weighted by atomic mass is 9.96. The van der Waals surface area contributed by atoms with Crippen LogP contribution in [0.2, 0.25) is 0 Å². The smallest absolute Gasteiger partial charge is 0.327 e. The van der Waals surface area contributed by atoms with Crippen molar-refractivity contribution in [2.45, 2.75) is 289 Å². The number of carbonyl (C=O) groups is 19. The number of primary amides is 1. The molecule has 1 aliphatic heterocycles. The van der Waals surface area contributed by atoms with E-state index < -0.39 is 285 Å². The Kier molecular flexibility index (Phi) is 52.9. The lowest BCUT2D eigenvalue weighted by Crippen LogP contribution is -2.62. The summed E-state index contributed by atoms with van der Waals surface area (Å²) >= 11 is 5.38. The van der Waals surface area contributed by atoms with E-state index in [1.54, 1.807) is 164 Å². The van der Waals surface area contributed by atoms with E-state index in [0.717, 1.165) is 4.90 Å². The van der Waals surface area contributed by atoms with Gasteiger partial charge in [-0.2, -0.15) is 24.4 Å². The number of para-hydroxylation sites is 1. The molecule has 3 aromatic rings. The van der Waals surface area contributed by atoms with Crippen molar-refractivity contribution in [3.8, 4) is 0 Å². The molecule has 2 heterocycles. The summed E-state index contributed by atoms with van der Waals surface area (Å²) in [5.41, 5.74) is 13.2. The zero-order valence-corrected chi connectivity index (χ0v) is 84.7. The zero-order valence-electron chi connectivity index (χ0n) is 83.0. The number of benzene rings is 2. The van der Waals surface area contributed by atoms with Gasteiger partial charge in [0, 0.05) is 48.7 Å². The number of likely N-dealkylation sites (tertiary alicyclic amines) is 1. The van der Waals surface area contributed by atoms with Gasteiger partial charge >= 0.3 is 5.97 Å². The topological polar surface area (TPSA) is 709 Å². The number of thioether (sulfide) groups is 1. The maximum Gasteiger partial charge on any atom is 0.327 e. The number of nitrogens with two attached hydrogens (primary N) is 2. The zero-order chi connectivity index (χ0) is 106. The van der Waals surface area contributed by atoms with Crippen molar-refractivity contribution in [3.63, 3.8) is 0 Å². The molecule has 0 spiro atoms. The van der Waals surface area contributed by atoms with Crippen LogP contribution in [0, 0.1) is 41.4 Å². The number of nitrogens with one attached hydrogen (secondary N) is 17. The number of thiol groups is 1. The van der Waals surface area contributed by atoms with E-state index in [1.807, 2.05) is 0 Å². The molecule has 1 saturated heterocycles. The quantitative estimate of drug-likeness (QED) is 0.0239. The van der Waals surface area contributed by atoms with Crippen molar-refractivity contribution in [1.82, 2.24) is 95.0 Å². The normalized spacial score (nSPS) is 16.6. The standard InChI is InChI=1S/C94H150N20O25S2/c1-16-52(13)75(112-78(122)59(29-30-73(96)120)98-79(123)60(34-47(3)4)100-85(129)67(42-116)106-87(131)66(41-115)105-77(121)57(95)31-33-141-15)91(135)104-64(38-54-24-19-18-20-25-54)82(126)109-70(45-119)93(137)114-32-23-28-72(114)89(133)113-76(53(14)17-2)92(136)103-62(36-49(7)8)80(124)102-65(39-55-40-97-58-27-22-21-26-56(55)58)83(127)99-63(37-50(9)10)84(128)111-74(51(11)12)90(134)108-69(44-118)88(132)107-68(43-117)86(130)101-61(35-48(5)6)81(125)110-71(46-140)94(138)139/h18-22,24-27,40,47-53,57,59-72,74-76,97,115-119,140H,16-17,23,28-39,41-46,95H2,1-15H3,(H2,96,120)(H,98,123)(H,99,127)(H,100,129)(H,101,130)(H,102,124)(H,103,136)(H,104,135)(H,105,121)(H,106,131)(H,107,132)(H,108,134)(H,109,126)(H,110,125)(H,111,128)(H,112,122)(H,113,133)(H,138,139)/t52-,53-,57-,59-,60-,61-,62-,63-,64-,65-,66-,67-,68-,69-,70-,71-,72-,74-,75-,76-/m0/s1. The molecule has 1 aliphatic rings. The summed E-state index contributed by atoms with van der Waals surface area (Å²) in [4.78, 5) is 271. The minimum atomic E-state index is -1.82. The molecule has 18 amide bonds. The number of nitrogens with zero attached hydrogens (tertiary/aromatic N) is 1.